The quantitative estimate of drug-likeness (QED) is 0.761. The van der Waals surface area contributed by atoms with Crippen LogP contribution in [0.3, 0.4) is 0 Å². The zero-order valence-electron chi connectivity index (χ0n) is 12.3. The smallest absolute Gasteiger partial charge is 0.258 e. The Labute approximate surface area is 119 Å². The number of rotatable bonds is 8. The molecule has 1 atom stereocenters. The number of aliphatic hydroxyl groups excluding tert-OH is 1. The largest absolute Gasteiger partial charge is 0.493 e. The highest BCUT2D eigenvalue weighted by atomic mass is 16.5. The van der Waals surface area contributed by atoms with E-state index in [1.54, 1.807) is 19.2 Å². The van der Waals surface area contributed by atoms with Crippen LogP contribution in [0.1, 0.15) is 26.7 Å². The van der Waals surface area contributed by atoms with Crippen molar-refractivity contribution >= 4 is 5.91 Å². The molecule has 0 aliphatic rings. The first-order valence-electron chi connectivity index (χ1n) is 6.72. The first kappa shape index (κ1) is 16.3. The van der Waals surface area contributed by atoms with Crippen molar-refractivity contribution in [3.8, 4) is 11.5 Å². The summed E-state index contributed by atoms with van der Waals surface area (Å²) in [6, 6.07) is 7.17. The van der Waals surface area contributed by atoms with Gasteiger partial charge in [-0.05, 0) is 31.9 Å². The second kappa shape index (κ2) is 7.75. The predicted molar refractivity (Wildman–Crippen MR) is 77.0 cm³/mol. The summed E-state index contributed by atoms with van der Waals surface area (Å²) in [5, 5.41) is 11.9. The van der Waals surface area contributed by atoms with Gasteiger partial charge in [-0.25, -0.2) is 0 Å². The summed E-state index contributed by atoms with van der Waals surface area (Å²) in [6.45, 7) is 3.83. The zero-order chi connectivity index (χ0) is 15.0. The molecule has 2 N–H and O–H groups in total. The van der Waals surface area contributed by atoms with E-state index in [0.29, 0.717) is 17.9 Å². The summed E-state index contributed by atoms with van der Waals surface area (Å²) in [7, 11) is 1.55. The molecular weight excluding hydrogens is 258 g/mol. The Bertz CT molecular complexity index is 436. The average molecular weight is 281 g/mol. The van der Waals surface area contributed by atoms with Crippen molar-refractivity contribution in [3.63, 3.8) is 0 Å². The van der Waals surface area contributed by atoms with Gasteiger partial charge in [-0.2, -0.15) is 0 Å². The summed E-state index contributed by atoms with van der Waals surface area (Å²) in [5.41, 5.74) is -0.407. The fourth-order valence-corrected chi connectivity index (χ4v) is 1.83. The van der Waals surface area contributed by atoms with Gasteiger partial charge in [0.25, 0.3) is 5.91 Å². The molecule has 112 valence electrons. The number of benzene rings is 1. The number of hydrogen-bond acceptors (Lipinski definition) is 4. The van der Waals surface area contributed by atoms with Crippen molar-refractivity contribution in [2.45, 2.75) is 32.2 Å². The molecule has 0 radical (unpaired) electrons. The Kier molecular flexibility index (Phi) is 6.31. The lowest BCUT2D eigenvalue weighted by atomic mass is 9.95. The van der Waals surface area contributed by atoms with Crippen molar-refractivity contribution in [3.05, 3.63) is 24.3 Å². The number of carbonyl (C=O) groups is 1. The van der Waals surface area contributed by atoms with E-state index in [4.69, 9.17) is 14.6 Å². The van der Waals surface area contributed by atoms with Crippen LogP contribution in [0.15, 0.2) is 24.3 Å². The molecule has 1 rings (SSSR count). The molecule has 1 amide bonds. The number of methoxy groups -OCH3 is 1. The lowest BCUT2D eigenvalue weighted by molar-refractivity contribution is -0.125. The molecule has 20 heavy (non-hydrogen) atoms. The topological polar surface area (TPSA) is 67.8 Å². The molecule has 0 saturated heterocycles. The standard InChI is InChI=1S/C15H23NO4/c1-4-15(2,9-10-17)16-14(18)11-20-13-8-6-5-7-12(13)19-3/h5-8,17H,4,9-11H2,1-3H3,(H,16,18). The van der Waals surface area contributed by atoms with Gasteiger partial charge in [0.1, 0.15) is 0 Å². The molecule has 1 unspecified atom stereocenters. The molecule has 0 aliphatic heterocycles. The van der Waals surface area contributed by atoms with Crippen LogP contribution in [0.4, 0.5) is 0 Å². The highest BCUT2D eigenvalue weighted by Crippen LogP contribution is 2.25. The van der Waals surface area contributed by atoms with Crippen molar-refractivity contribution < 1.29 is 19.4 Å². The van der Waals surface area contributed by atoms with Gasteiger partial charge in [-0.1, -0.05) is 19.1 Å². The number of hydrogen-bond donors (Lipinski definition) is 2. The summed E-state index contributed by atoms with van der Waals surface area (Å²) < 4.78 is 10.6. The van der Waals surface area contributed by atoms with E-state index < -0.39 is 5.54 Å². The maximum absolute atomic E-state index is 11.9. The van der Waals surface area contributed by atoms with E-state index in [9.17, 15) is 4.79 Å². The van der Waals surface area contributed by atoms with Gasteiger partial charge in [-0.3, -0.25) is 4.79 Å². The molecule has 0 aliphatic carbocycles. The molecule has 1 aromatic carbocycles. The minimum absolute atomic E-state index is 0.0397. The number of carbonyl (C=O) groups excluding carboxylic acids is 1. The third-order valence-electron chi connectivity index (χ3n) is 3.31. The highest BCUT2D eigenvalue weighted by molar-refractivity contribution is 5.78. The molecule has 1 aromatic rings. The number of para-hydroxylation sites is 2. The molecule has 5 heteroatoms. The molecule has 5 nitrogen and oxygen atoms in total. The van der Waals surface area contributed by atoms with Gasteiger partial charge in [0.15, 0.2) is 18.1 Å². The first-order chi connectivity index (χ1) is 9.54. The van der Waals surface area contributed by atoms with E-state index in [1.807, 2.05) is 26.0 Å². The van der Waals surface area contributed by atoms with Gasteiger partial charge >= 0.3 is 0 Å². The maximum atomic E-state index is 11.9. The fraction of sp³-hybridized carbons (Fsp3) is 0.533. The van der Waals surface area contributed by atoms with Gasteiger partial charge in [0.2, 0.25) is 0 Å². The Morgan fingerprint density at radius 3 is 2.55 bits per heavy atom. The molecule has 0 spiro atoms. The van der Waals surface area contributed by atoms with Gasteiger partial charge in [0.05, 0.1) is 7.11 Å². The van der Waals surface area contributed by atoms with Crippen LogP contribution in [0.5, 0.6) is 11.5 Å². The highest BCUT2D eigenvalue weighted by Gasteiger charge is 2.23. The Morgan fingerprint density at radius 1 is 1.35 bits per heavy atom. The van der Waals surface area contributed by atoms with Gasteiger partial charge in [-0.15, -0.1) is 0 Å². The third-order valence-corrected chi connectivity index (χ3v) is 3.31. The third kappa shape index (κ3) is 4.74. The van der Waals surface area contributed by atoms with Crippen molar-refractivity contribution in [1.29, 1.82) is 0 Å². The van der Waals surface area contributed by atoms with Crippen LogP contribution in [-0.2, 0) is 4.79 Å². The molecule has 0 bridgehead atoms. The molecule has 0 fully saturated rings. The maximum Gasteiger partial charge on any atom is 0.258 e. The Hall–Kier alpha value is -1.75. The summed E-state index contributed by atoms with van der Waals surface area (Å²) in [5.74, 6) is 0.910. The molecule has 0 heterocycles. The number of ether oxygens (including phenoxy) is 2. The number of nitrogens with one attached hydrogen (secondary N) is 1. The minimum atomic E-state index is -0.407. The minimum Gasteiger partial charge on any atom is -0.493 e. The second-order valence-electron chi connectivity index (χ2n) is 4.88. The van der Waals surface area contributed by atoms with Crippen molar-refractivity contribution in [2.24, 2.45) is 0 Å². The van der Waals surface area contributed by atoms with Crippen LogP contribution < -0.4 is 14.8 Å². The molecular formula is C15H23NO4. The van der Waals surface area contributed by atoms with E-state index in [2.05, 4.69) is 5.32 Å². The van der Waals surface area contributed by atoms with Gasteiger partial charge < -0.3 is 19.9 Å². The number of amides is 1. The zero-order valence-corrected chi connectivity index (χ0v) is 12.3. The Morgan fingerprint density at radius 2 is 2.00 bits per heavy atom. The lowest BCUT2D eigenvalue weighted by Gasteiger charge is -2.28. The van der Waals surface area contributed by atoms with Crippen LogP contribution >= 0.6 is 0 Å². The number of aliphatic hydroxyl groups is 1. The van der Waals surface area contributed by atoms with Crippen LogP contribution in [0, 0.1) is 0 Å². The monoisotopic (exact) mass is 281 g/mol. The van der Waals surface area contributed by atoms with Crippen molar-refractivity contribution in [1.82, 2.24) is 5.32 Å². The average Bonchev–Trinajstić information content (AvgIpc) is 2.45. The molecule has 0 saturated carbocycles. The summed E-state index contributed by atoms with van der Waals surface area (Å²) >= 11 is 0. The SMILES string of the molecule is CCC(C)(CCO)NC(=O)COc1ccccc1OC. The lowest BCUT2D eigenvalue weighted by Crippen LogP contribution is -2.47. The molecule has 0 aromatic heterocycles. The van der Waals surface area contributed by atoms with E-state index in [0.717, 1.165) is 6.42 Å². The van der Waals surface area contributed by atoms with E-state index in [-0.39, 0.29) is 19.1 Å². The normalized spacial score (nSPS) is 13.4. The van der Waals surface area contributed by atoms with E-state index >= 15 is 0 Å². The van der Waals surface area contributed by atoms with Gasteiger partial charge in [0, 0.05) is 12.1 Å². The fourth-order valence-electron chi connectivity index (χ4n) is 1.83. The van der Waals surface area contributed by atoms with Crippen LogP contribution in [0.25, 0.3) is 0 Å². The van der Waals surface area contributed by atoms with Crippen LogP contribution in [0.2, 0.25) is 0 Å². The van der Waals surface area contributed by atoms with E-state index in [1.165, 1.54) is 0 Å². The van der Waals surface area contributed by atoms with Crippen molar-refractivity contribution in [2.75, 3.05) is 20.3 Å². The summed E-state index contributed by atoms with van der Waals surface area (Å²) in [4.78, 5) is 11.9. The second-order valence-corrected chi connectivity index (χ2v) is 4.88. The first-order valence-corrected chi connectivity index (χ1v) is 6.72. The summed E-state index contributed by atoms with van der Waals surface area (Å²) in [6.07, 6.45) is 1.26. The predicted octanol–water partition coefficient (Wildman–Crippen LogP) is 1.74. The van der Waals surface area contributed by atoms with Crippen LogP contribution in [-0.4, -0.2) is 36.9 Å². The Balaban J connectivity index is 2.55.